The van der Waals surface area contributed by atoms with Gasteiger partial charge < -0.3 is 9.84 Å². The Morgan fingerprint density at radius 1 is 1.09 bits per heavy atom. The summed E-state index contributed by atoms with van der Waals surface area (Å²) in [6.45, 7) is 8.79. The Labute approximate surface area is 193 Å². The van der Waals surface area contributed by atoms with Crippen molar-refractivity contribution >= 4 is 23.4 Å². The first-order valence-electron chi connectivity index (χ1n) is 10.7. The van der Waals surface area contributed by atoms with Crippen molar-refractivity contribution in [3.8, 4) is 11.4 Å². The normalized spacial score (nSPS) is 16.6. The minimum Gasteiger partial charge on any atom is -0.334 e. The third-order valence-electron chi connectivity index (χ3n) is 5.56. The molecule has 1 atom stereocenters. The molecule has 6 nitrogen and oxygen atoms in total. The number of allylic oxidation sites excluding steroid dienone is 1. The smallest absolute Gasteiger partial charge is 0.322 e. The van der Waals surface area contributed by atoms with Gasteiger partial charge in [-0.1, -0.05) is 61.0 Å². The molecule has 7 heteroatoms. The zero-order valence-corrected chi connectivity index (χ0v) is 19.9. The molecule has 0 bridgehead atoms. The summed E-state index contributed by atoms with van der Waals surface area (Å²) in [5.74, 6) is 1.27. The molecule has 1 aliphatic heterocycles. The minimum atomic E-state index is -0.367. The molecule has 1 N–H and O–H groups in total. The second kappa shape index (κ2) is 9.20. The van der Waals surface area contributed by atoms with Crippen LogP contribution < -0.4 is 5.32 Å². The van der Waals surface area contributed by atoms with Crippen molar-refractivity contribution in [2.75, 3.05) is 12.8 Å². The lowest BCUT2D eigenvalue weighted by Crippen LogP contribution is -2.47. The lowest BCUT2D eigenvalue weighted by molar-refractivity contribution is 0.199. The van der Waals surface area contributed by atoms with Gasteiger partial charge in [-0.15, -0.1) is 11.8 Å². The first-order chi connectivity index (χ1) is 15.4. The number of hydrogen-bond donors (Lipinski definition) is 1. The molecule has 2 heterocycles. The van der Waals surface area contributed by atoms with Crippen LogP contribution in [0, 0.1) is 12.8 Å². The van der Waals surface area contributed by atoms with Crippen LogP contribution >= 0.6 is 11.8 Å². The summed E-state index contributed by atoms with van der Waals surface area (Å²) < 4.78 is 5.74. The monoisotopic (exact) mass is 448 g/mol. The Hall–Kier alpha value is -3.06. The highest BCUT2D eigenvalue weighted by molar-refractivity contribution is 7.98. The molecule has 0 aliphatic carbocycles. The Balaban J connectivity index is 1.79. The van der Waals surface area contributed by atoms with Crippen LogP contribution in [-0.2, 0) is 0 Å². The van der Waals surface area contributed by atoms with E-state index in [0.717, 1.165) is 22.4 Å². The fourth-order valence-corrected chi connectivity index (χ4v) is 4.25. The zero-order valence-electron chi connectivity index (χ0n) is 19.0. The quantitative estimate of drug-likeness (QED) is 0.474. The van der Waals surface area contributed by atoms with Gasteiger partial charge >= 0.3 is 6.03 Å². The molecule has 0 radical (unpaired) electrons. The van der Waals surface area contributed by atoms with Gasteiger partial charge in [0.25, 0.3) is 5.89 Å². The topological polar surface area (TPSA) is 71.3 Å². The standard InChI is InChI=1S/C25H28N4O2S/c1-15(2)14-29-17(4)21(22(26-25(29)30)18-10-12-20(32-5)13-11-18)24-27-23(28-31-24)19-8-6-16(3)7-9-19/h6-13,15,22H,14H2,1-5H3,(H,26,30). The van der Waals surface area contributed by atoms with Crippen LogP contribution in [0.1, 0.15) is 43.8 Å². The van der Waals surface area contributed by atoms with Crippen LogP contribution in [-0.4, -0.2) is 33.9 Å². The fourth-order valence-electron chi connectivity index (χ4n) is 3.84. The molecule has 2 amide bonds. The Morgan fingerprint density at radius 2 is 1.78 bits per heavy atom. The maximum Gasteiger partial charge on any atom is 0.322 e. The lowest BCUT2D eigenvalue weighted by atomic mass is 9.94. The summed E-state index contributed by atoms with van der Waals surface area (Å²) in [5.41, 5.74) is 4.70. The van der Waals surface area contributed by atoms with E-state index in [9.17, 15) is 4.79 Å². The number of carbonyl (C=O) groups excluding carboxylic acids is 1. The van der Waals surface area contributed by atoms with E-state index in [1.807, 2.05) is 56.5 Å². The molecule has 0 spiro atoms. The number of benzene rings is 2. The molecule has 1 unspecified atom stereocenters. The molecule has 3 aromatic rings. The summed E-state index contributed by atoms with van der Waals surface area (Å²) in [6, 6.07) is 15.7. The van der Waals surface area contributed by atoms with Gasteiger partial charge in [0.1, 0.15) is 0 Å². The van der Waals surface area contributed by atoms with Crippen molar-refractivity contribution in [2.24, 2.45) is 5.92 Å². The number of carbonyl (C=O) groups is 1. The average molecular weight is 449 g/mol. The van der Waals surface area contributed by atoms with Crippen LogP contribution in [0.15, 0.2) is 63.6 Å². The molecule has 2 aromatic carbocycles. The number of nitrogens with zero attached hydrogens (tertiary/aromatic N) is 3. The van der Waals surface area contributed by atoms with E-state index in [1.54, 1.807) is 16.7 Å². The molecule has 0 saturated carbocycles. The number of amides is 2. The first-order valence-corrected chi connectivity index (χ1v) is 11.9. The van der Waals surface area contributed by atoms with Gasteiger partial charge in [-0.05, 0) is 43.7 Å². The molecule has 32 heavy (non-hydrogen) atoms. The van der Waals surface area contributed by atoms with Crippen molar-refractivity contribution in [1.29, 1.82) is 0 Å². The number of urea groups is 1. The Bertz CT molecular complexity index is 1130. The van der Waals surface area contributed by atoms with Crippen molar-refractivity contribution in [3.63, 3.8) is 0 Å². The SMILES string of the molecule is CSc1ccc(C2NC(=O)N(CC(C)C)C(C)=C2c2nc(-c3ccc(C)cc3)no2)cc1. The van der Waals surface area contributed by atoms with Gasteiger partial charge in [0.2, 0.25) is 5.82 Å². The van der Waals surface area contributed by atoms with E-state index in [4.69, 9.17) is 9.51 Å². The summed E-state index contributed by atoms with van der Waals surface area (Å²) >= 11 is 1.68. The van der Waals surface area contributed by atoms with Crippen molar-refractivity contribution in [2.45, 2.75) is 38.6 Å². The van der Waals surface area contributed by atoms with Crippen molar-refractivity contribution in [1.82, 2.24) is 20.4 Å². The largest absolute Gasteiger partial charge is 0.334 e. The van der Waals surface area contributed by atoms with Crippen LogP contribution in [0.25, 0.3) is 17.0 Å². The van der Waals surface area contributed by atoms with Crippen LogP contribution in [0.4, 0.5) is 4.79 Å². The molecular weight excluding hydrogens is 420 g/mol. The summed E-state index contributed by atoms with van der Waals surface area (Å²) in [4.78, 5) is 20.6. The van der Waals surface area contributed by atoms with Gasteiger partial charge in [-0.3, -0.25) is 4.90 Å². The number of thioether (sulfide) groups is 1. The number of aryl methyl sites for hydroxylation is 1. The minimum absolute atomic E-state index is 0.114. The number of aromatic nitrogens is 2. The molecule has 1 aromatic heterocycles. The van der Waals surface area contributed by atoms with Gasteiger partial charge in [0.05, 0.1) is 11.6 Å². The van der Waals surface area contributed by atoms with Crippen LogP contribution in [0.2, 0.25) is 0 Å². The number of hydrogen-bond acceptors (Lipinski definition) is 5. The summed E-state index contributed by atoms with van der Waals surface area (Å²) in [7, 11) is 0. The molecule has 1 aliphatic rings. The second-order valence-corrected chi connectivity index (χ2v) is 9.33. The number of rotatable bonds is 6. The maximum absolute atomic E-state index is 13.0. The molecule has 0 fully saturated rings. The van der Waals surface area contributed by atoms with Gasteiger partial charge in [0, 0.05) is 22.7 Å². The Kier molecular flexibility index (Phi) is 6.37. The predicted molar refractivity (Wildman–Crippen MR) is 128 cm³/mol. The van der Waals surface area contributed by atoms with E-state index in [1.165, 1.54) is 10.5 Å². The van der Waals surface area contributed by atoms with E-state index < -0.39 is 0 Å². The third-order valence-corrected chi connectivity index (χ3v) is 6.30. The zero-order chi connectivity index (χ0) is 22.8. The van der Waals surface area contributed by atoms with Gasteiger partial charge in [0.15, 0.2) is 0 Å². The number of nitrogens with one attached hydrogen (secondary N) is 1. The van der Waals surface area contributed by atoms with E-state index in [0.29, 0.717) is 24.2 Å². The lowest BCUT2D eigenvalue weighted by Gasteiger charge is -2.36. The Morgan fingerprint density at radius 3 is 2.41 bits per heavy atom. The molecule has 166 valence electrons. The summed E-state index contributed by atoms with van der Waals surface area (Å²) in [6.07, 6.45) is 2.04. The highest BCUT2D eigenvalue weighted by Gasteiger charge is 2.35. The first kappa shape index (κ1) is 22.1. The van der Waals surface area contributed by atoms with E-state index in [-0.39, 0.29) is 12.1 Å². The van der Waals surface area contributed by atoms with E-state index in [2.05, 4.69) is 36.5 Å². The molecule has 0 saturated heterocycles. The highest BCUT2D eigenvalue weighted by atomic mass is 32.2. The average Bonchev–Trinajstić information content (AvgIpc) is 3.26. The predicted octanol–water partition coefficient (Wildman–Crippen LogP) is 5.92. The molecule has 4 rings (SSSR count). The second-order valence-electron chi connectivity index (χ2n) is 8.45. The van der Waals surface area contributed by atoms with Gasteiger partial charge in [-0.25, -0.2) is 4.79 Å². The fraction of sp³-hybridized carbons (Fsp3) is 0.320. The van der Waals surface area contributed by atoms with E-state index >= 15 is 0 Å². The maximum atomic E-state index is 13.0. The van der Waals surface area contributed by atoms with Crippen molar-refractivity contribution in [3.05, 3.63) is 71.2 Å². The van der Waals surface area contributed by atoms with Crippen LogP contribution in [0.3, 0.4) is 0 Å². The van der Waals surface area contributed by atoms with Crippen LogP contribution in [0.5, 0.6) is 0 Å². The molecular formula is C25H28N4O2S. The highest BCUT2D eigenvalue weighted by Crippen LogP contribution is 2.38. The van der Waals surface area contributed by atoms with Crippen molar-refractivity contribution < 1.29 is 9.32 Å². The summed E-state index contributed by atoms with van der Waals surface area (Å²) in [5, 5.41) is 7.39. The van der Waals surface area contributed by atoms with Gasteiger partial charge in [-0.2, -0.15) is 4.98 Å². The third kappa shape index (κ3) is 4.43.